The van der Waals surface area contributed by atoms with Crippen LogP contribution in [0, 0.1) is 0 Å². The van der Waals surface area contributed by atoms with E-state index >= 15 is 0 Å². The van der Waals surface area contributed by atoms with Crippen LogP contribution >= 0.6 is 15.9 Å². The lowest BCUT2D eigenvalue weighted by Gasteiger charge is -2.10. The summed E-state index contributed by atoms with van der Waals surface area (Å²) in [5.41, 5.74) is 7.44. The number of halogens is 1. The summed E-state index contributed by atoms with van der Waals surface area (Å²) in [6.07, 6.45) is 0.110. The van der Waals surface area contributed by atoms with Crippen molar-refractivity contribution in [3.63, 3.8) is 0 Å². The van der Waals surface area contributed by atoms with Gasteiger partial charge in [0.05, 0.1) is 6.10 Å². The molecule has 20 heavy (non-hydrogen) atoms. The van der Waals surface area contributed by atoms with E-state index in [2.05, 4.69) is 15.9 Å². The highest BCUT2D eigenvalue weighted by molar-refractivity contribution is 9.10. The molecule has 0 aromatic heterocycles. The predicted molar refractivity (Wildman–Crippen MR) is 84.2 cm³/mol. The number of ether oxygens (including phenoxy) is 1. The van der Waals surface area contributed by atoms with Crippen LogP contribution in [0.4, 0.5) is 5.69 Å². The van der Waals surface area contributed by atoms with Crippen LogP contribution in [0.5, 0.6) is 5.75 Å². The molecule has 0 amide bonds. The Morgan fingerprint density at radius 1 is 1.15 bits per heavy atom. The molecule has 0 unspecified atom stereocenters. The summed E-state index contributed by atoms with van der Waals surface area (Å²) in [6, 6.07) is 12.3. The van der Waals surface area contributed by atoms with E-state index in [9.17, 15) is 4.79 Å². The molecule has 2 N–H and O–H groups in total. The minimum atomic E-state index is -0.0916. The molecule has 0 atom stereocenters. The Hall–Kier alpha value is -1.81. The molecule has 2 rings (SSSR count). The molecule has 0 saturated carbocycles. The van der Waals surface area contributed by atoms with Gasteiger partial charge in [-0.05, 0) is 56.3 Å². The number of rotatable bonds is 4. The number of hydrogen-bond acceptors (Lipinski definition) is 3. The largest absolute Gasteiger partial charge is 0.491 e. The molecule has 104 valence electrons. The van der Waals surface area contributed by atoms with Crippen molar-refractivity contribution < 1.29 is 9.53 Å². The fraction of sp³-hybridized carbons (Fsp3) is 0.188. The normalized spacial score (nSPS) is 10.6. The van der Waals surface area contributed by atoms with Crippen LogP contribution in [0.1, 0.15) is 29.8 Å². The Balaban J connectivity index is 2.25. The highest BCUT2D eigenvalue weighted by Crippen LogP contribution is 2.22. The summed E-state index contributed by atoms with van der Waals surface area (Å²) in [5, 5.41) is 0. The Morgan fingerprint density at radius 3 is 2.35 bits per heavy atom. The van der Waals surface area contributed by atoms with Gasteiger partial charge in [-0.25, -0.2) is 0 Å². The van der Waals surface area contributed by atoms with E-state index in [-0.39, 0.29) is 11.9 Å². The second kappa shape index (κ2) is 6.09. The zero-order chi connectivity index (χ0) is 14.7. The SMILES string of the molecule is CC(C)Oc1ccc(C(=O)c2ccc(Br)cc2N)cc1. The molecule has 0 aliphatic heterocycles. The lowest BCUT2D eigenvalue weighted by atomic mass is 10.0. The highest BCUT2D eigenvalue weighted by atomic mass is 79.9. The van der Waals surface area contributed by atoms with Crippen molar-refractivity contribution >= 4 is 27.4 Å². The molecule has 0 radical (unpaired) electrons. The van der Waals surface area contributed by atoms with Gasteiger partial charge in [0.25, 0.3) is 0 Å². The Morgan fingerprint density at radius 2 is 1.80 bits per heavy atom. The molecule has 0 heterocycles. The summed E-state index contributed by atoms with van der Waals surface area (Å²) in [4.78, 5) is 12.4. The number of hydrogen-bond donors (Lipinski definition) is 1. The maximum Gasteiger partial charge on any atom is 0.195 e. The first-order chi connectivity index (χ1) is 9.47. The molecule has 0 aliphatic rings. The molecule has 2 aromatic carbocycles. The third kappa shape index (κ3) is 3.39. The van der Waals surface area contributed by atoms with Crippen molar-refractivity contribution in [3.8, 4) is 5.75 Å². The first-order valence-electron chi connectivity index (χ1n) is 6.34. The molecule has 0 aliphatic carbocycles. The molecule has 2 aromatic rings. The standard InChI is InChI=1S/C16H16BrNO2/c1-10(2)20-13-6-3-11(4-7-13)16(19)14-8-5-12(17)9-15(14)18/h3-10H,18H2,1-2H3. The number of carbonyl (C=O) groups excluding carboxylic acids is 1. The van der Waals surface area contributed by atoms with Crippen LogP contribution in [0.3, 0.4) is 0 Å². The molecule has 0 fully saturated rings. The van der Waals surface area contributed by atoms with E-state index in [1.165, 1.54) is 0 Å². The van der Waals surface area contributed by atoms with Gasteiger partial charge in [-0.2, -0.15) is 0 Å². The molecular formula is C16H16BrNO2. The minimum absolute atomic E-state index is 0.0916. The van der Waals surface area contributed by atoms with Gasteiger partial charge in [-0.15, -0.1) is 0 Å². The lowest BCUT2D eigenvalue weighted by Crippen LogP contribution is -2.07. The van der Waals surface area contributed by atoms with E-state index in [1.54, 1.807) is 42.5 Å². The van der Waals surface area contributed by atoms with Gasteiger partial charge in [-0.3, -0.25) is 4.79 Å². The summed E-state index contributed by atoms with van der Waals surface area (Å²) in [5.74, 6) is 0.659. The molecule has 0 saturated heterocycles. The second-order valence-electron chi connectivity index (χ2n) is 4.75. The number of benzene rings is 2. The quantitative estimate of drug-likeness (QED) is 0.678. The maximum absolute atomic E-state index is 12.4. The first kappa shape index (κ1) is 14.6. The van der Waals surface area contributed by atoms with Crippen molar-refractivity contribution in [1.29, 1.82) is 0 Å². The Bertz CT molecular complexity index is 621. The number of carbonyl (C=O) groups is 1. The van der Waals surface area contributed by atoms with Gasteiger partial charge in [0.1, 0.15) is 5.75 Å². The fourth-order valence-corrected chi connectivity index (χ4v) is 2.23. The van der Waals surface area contributed by atoms with Crippen molar-refractivity contribution in [1.82, 2.24) is 0 Å². The smallest absolute Gasteiger partial charge is 0.195 e. The van der Waals surface area contributed by atoms with Crippen molar-refractivity contribution in [2.75, 3.05) is 5.73 Å². The van der Waals surface area contributed by atoms with E-state index in [0.29, 0.717) is 16.8 Å². The maximum atomic E-state index is 12.4. The summed E-state index contributed by atoms with van der Waals surface area (Å²) < 4.78 is 6.41. The van der Waals surface area contributed by atoms with Gasteiger partial charge in [-0.1, -0.05) is 15.9 Å². The molecule has 0 bridgehead atoms. The van der Waals surface area contributed by atoms with Crippen LogP contribution in [-0.4, -0.2) is 11.9 Å². The molecule has 0 spiro atoms. The van der Waals surface area contributed by atoms with Gasteiger partial charge in [0.15, 0.2) is 5.78 Å². The van der Waals surface area contributed by atoms with Crippen LogP contribution < -0.4 is 10.5 Å². The van der Waals surface area contributed by atoms with Crippen LogP contribution in [0.2, 0.25) is 0 Å². The Labute approximate surface area is 126 Å². The zero-order valence-corrected chi connectivity index (χ0v) is 13.0. The molecular weight excluding hydrogens is 318 g/mol. The average Bonchev–Trinajstić information content (AvgIpc) is 2.38. The predicted octanol–water partition coefficient (Wildman–Crippen LogP) is 4.05. The summed E-state index contributed by atoms with van der Waals surface area (Å²) in [6.45, 7) is 3.92. The summed E-state index contributed by atoms with van der Waals surface area (Å²) in [7, 11) is 0. The van der Waals surface area contributed by atoms with Crippen molar-refractivity contribution in [2.45, 2.75) is 20.0 Å². The number of nitrogens with two attached hydrogens (primary N) is 1. The van der Waals surface area contributed by atoms with Crippen molar-refractivity contribution in [2.24, 2.45) is 0 Å². The third-order valence-corrected chi connectivity index (χ3v) is 3.24. The van der Waals surface area contributed by atoms with E-state index in [0.717, 1.165) is 10.2 Å². The van der Waals surface area contributed by atoms with Crippen LogP contribution in [0.15, 0.2) is 46.9 Å². The number of nitrogen functional groups attached to an aromatic ring is 1. The van der Waals surface area contributed by atoms with Gasteiger partial charge >= 0.3 is 0 Å². The monoisotopic (exact) mass is 333 g/mol. The third-order valence-electron chi connectivity index (χ3n) is 2.75. The van der Waals surface area contributed by atoms with E-state index < -0.39 is 0 Å². The van der Waals surface area contributed by atoms with Crippen LogP contribution in [0.25, 0.3) is 0 Å². The lowest BCUT2D eigenvalue weighted by molar-refractivity contribution is 0.103. The van der Waals surface area contributed by atoms with Gasteiger partial charge in [0, 0.05) is 21.3 Å². The average molecular weight is 334 g/mol. The van der Waals surface area contributed by atoms with E-state index in [1.807, 2.05) is 13.8 Å². The second-order valence-corrected chi connectivity index (χ2v) is 5.67. The number of ketones is 1. The fourth-order valence-electron chi connectivity index (χ4n) is 1.85. The summed E-state index contributed by atoms with van der Waals surface area (Å²) >= 11 is 3.33. The van der Waals surface area contributed by atoms with Crippen LogP contribution in [-0.2, 0) is 0 Å². The van der Waals surface area contributed by atoms with Gasteiger partial charge in [0.2, 0.25) is 0 Å². The topological polar surface area (TPSA) is 52.3 Å². The minimum Gasteiger partial charge on any atom is -0.491 e. The highest BCUT2D eigenvalue weighted by Gasteiger charge is 2.12. The first-order valence-corrected chi connectivity index (χ1v) is 7.13. The number of anilines is 1. The molecule has 3 nitrogen and oxygen atoms in total. The molecule has 4 heteroatoms. The van der Waals surface area contributed by atoms with E-state index in [4.69, 9.17) is 10.5 Å². The van der Waals surface area contributed by atoms with Crippen molar-refractivity contribution in [3.05, 3.63) is 58.1 Å². The zero-order valence-electron chi connectivity index (χ0n) is 11.4. The Kier molecular flexibility index (Phi) is 4.45. The van der Waals surface area contributed by atoms with Gasteiger partial charge < -0.3 is 10.5 Å².